The van der Waals surface area contributed by atoms with Gasteiger partial charge in [-0.25, -0.2) is 8.42 Å². The summed E-state index contributed by atoms with van der Waals surface area (Å²) in [4.78, 5) is 14.2. The lowest BCUT2D eigenvalue weighted by Crippen LogP contribution is -2.45. The van der Waals surface area contributed by atoms with E-state index in [1.54, 1.807) is 11.9 Å². The molecule has 0 unspecified atom stereocenters. The quantitative estimate of drug-likeness (QED) is 0.805. The fourth-order valence-electron chi connectivity index (χ4n) is 2.96. The molecular formula is C14H24N4O3S. The first-order valence-corrected chi connectivity index (χ1v) is 9.33. The molecule has 2 rings (SSSR count). The molecule has 7 nitrogen and oxygen atoms in total. The Balaban J connectivity index is 2.03. The zero-order valence-electron chi connectivity index (χ0n) is 13.4. The molecule has 1 aliphatic heterocycles. The van der Waals surface area contributed by atoms with Crippen molar-refractivity contribution >= 4 is 15.7 Å². The van der Waals surface area contributed by atoms with Crippen molar-refractivity contribution in [2.45, 2.75) is 49.9 Å². The van der Waals surface area contributed by atoms with E-state index < -0.39 is 15.1 Å². The monoisotopic (exact) mass is 328 g/mol. The average Bonchev–Trinajstić information content (AvgIpc) is 2.95. The van der Waals surface area contributed by atoms with E-state index in [-0.39, 0.29) is 17.0 Å². The maximum Gasteiger partial charge on any atom is 0.249 e. The van der Waals surface area contributed by atoms with Gasteiger partial charge in [0.25, 0.3) is 0 Å². The van der Waals surface area contributed by atoms with Gasteiger partial charge in [0.2, 0.25) is 20.9 Å². The summed E-state index contributed by atoms with van der Waals surface area (Å²) in [5, 5.41) is 6.88. The van der Waals surface area contributed by atoms with Gasteiger partial charge in [-0.1, -0.05) is 13.8 Å². The molecular weight excluding hydrogens is 304 g/mol. The van der Waals surface area contributed by atoms with Crippen LogP contribution >= 0.6 is 0 Å². The molecule has 1 aromatic rings. The Morgan fingerprint density at radius 1 is 1.32 bits per heavy atom. The maximum atomic E-state index is 12.6. The van der Waals surface area contributed by atoms with Crippen LogP contribution in [0, 0.1) is 5.92 Å². The molecule has 124 valence electrons. The second-order valence-corrected chi connectivity index (χ2v) is 7.93. The number of aromatic nitrogens is 3. The molecule has 8 heteroatoms. The number of hydrogen-bond acceptors (Lipinski definition) is 5. The molecule has 0 radical (unpaired) electrons. The van der Waals surface area contributed by atoms with Crippen molar-refractivity contribution in [3.63, 3.8) is 0 Å². The highest BCUT2D eigenvalue weighted by Gasteiger charge is 2.36. The number of nitrogens with zero attached hydrogens (tertiary/aromatic N) is 4. The van der Waals surface area contributed by atoms with Gasteiger partial charge in [-0.05, 0) is 25.7 Å². The van der Waals surface area contributed by atoms with Gasteiger partial charge in [0.15, 0.2) is 0 Å². The normalized spacial score (nSPS) is 17.2. The van der Waals surface area contributed by atoms with E-state index in [9.17, 15) is 13.2 Å². The van der Waals surface area contributed by atoms with Gasteiger partial charge in [0, 0.05) is 26.1 Å². The third-order valence-corrected chi connectivity index (χ3v) is 6.68. The molecule has 0 N–H and O–H groups in total. The molecule has 0 aliphatic carbocycles. The summed E-state index contributed by atoms with van der Waals surface area (Å²) in [6, 6.07) is 0. The summed E-state index contributed by atoms with van der Waals surface area (Å²) in [6.07, 6.45) is 3.96. The minimum absolute atomic E-state index is 0.0114. The third kappa shape index (κ3) is 3.16. The first kappa shape index (κ1) is 16.9. The standard InChI is InChI=1S/C14H24N4O3S/c1-4-11(5-2)13(19)18-8-6-12(7-9-18)22(20,21)14-16-15-10-17(14)3/h10-12H,4-9H2,1-3H3. The number of rotatable bonds is 5. The van der Waals surface area contributed by atoms with Gasteiger partial charge in [-0.3, -0.25) is 4.79 Å². The summed E-state index contributed by atoms with van der Waals surface area (Å²) in [5.74, 6) is 0.200. The van der Waals surface area contributed by atoms with Crippen LogP contribution in [0.25, 0.3) is 0 Å². The molecule has 0 bridgehead atoms. The number of hydrogen-bond donors (Lipinski definition) is 0. The molecule has 1 aliphatic rings. The van der Waals surface area contributed by atoms with E-state index in [0.29, 0.717) is 25.9 Å². The SMILES string of the molecule is CCC(CC)C(=O)N1CCC(S(=O)(=O)c2nncn2C)CC1. The van der Waals surface area contributed by atoms with Crippen LogP contribution in [0.5, 0.6) is 0 Å². The third-order valence-electron chi connectivity index (χ3n) is 4.45. The van der Waals surface area contributed by atoms with E-state index >= 15 is 0 Å². The smallest absolute Gasteiger partial charge is 0.249 e. The Bertz CT molecular complexity index is 614. The summed E-state index contributed by atoms with van der Waals surface area (Å²) in [5.41, 5.74) is 0. The van der Waals surface area contributed by atoms with Crippen LogP contribution in [-0.2, 0) is 21.7 Å². The topological polar surface area (TPSA) is 85.2 Å². The van der Waals surface area contributed by atoms with Crippen LogP contribution in [0.15, 0.2) is 11.5 Å². The van der Waals surface area contributed by atoms with E-state index in [0.717, 1.165) is 12.8 Å². The number of aryl methyl sites for hydroxylation is 1. The molecule has 1 saturated heterocycles. The number of carbonyl (C=O) groups excluding carboxylic acids is 1. The zero-order valence-corrected chi connectivity index (χ0v) is 14.2. The predicted octanol–water partition coefficient (Wildman–Crippen LogP) is 1.02. The molecule has 0 atom stereocenters. The molecule has 0 saturated carbocycles. The van der Waals surface area contributed by atoms with Gasteiger partial charge in [0.1, 0.15) is 6.33 Å². The fourth-order valence-corrected chi connectivity index (χ4v) is 4.70. The fraction of sp³-hybridized carbons (Fsp3) is 0.786. The number of sulfone groups is 1. The molecule has 22 heavy (non-hydrogen) atoms. The molecule has 2 heterocycles. The summed E-state index contributed by atoms with van der Waals surface area (Å²) >= 11 is 0. The van der Waals surface area contributed by atoms with E-state index in [1.807, 2.05) is 13.8 Å². The van der Waals surface area contributed by atoms with Crippen molar-refractivity contribution in [3.05, 3.63) is 6.33 Å². The minimum Gasteiger partial charge on any atom is -0.342 e. The molecule has 1 aromatic heterocycles. The first-order chi connectivity index (χ1) is 10.4. The van der Waals surface area contributed by atoms with Crippen LogP contribution in [0.3, 0.4) is 0 Å². The van der Waals surface area contributed by atoms with Crippen molar-refractivity contribution in [2.24, 2.45) is 13.0 Å². The second kappa shape index (κ2) is 6.76. The van der Waals surface area contributed by atoms with Crippen LogP contribution in [-0.4, -0.2) is 52.3 Å². The summed E-state index contributed by atoms with van der Waals surface area (Å²) in [7, 11) is -1.85. The van der Waals surface area contributed by atoms with Gasteiger partial charge >= 0.3 is 0 Å². The highest BCUT2D eigenvalue weighted by atomic mass is 32.2. The molecule has 0 spiro atoms. The van der Waals surface area contributed by atoms with E-state index in [4.69, 9.17) is 0 Å². The van der Waals surface area contributed by atoms with Crippen LogP contribution in [0.2, 0.25) is 0 Å². The second-order valence-electron chi connectivity index (χ2n) is 5.81. The van der Waals surface area contributed by atoms with Crippen molar-refractivity contribution in [1.29, 1.82) is 0 Å². The zero-order chi connectivity index (χ0) is 16.3. The van der Waals surface area contributed by atoms with E-state index in [1.165, 1.54) is 10.9 Å². The highest BCUT2D eigenvalue weighted by molar-refractivity contribution is 7.91. The Labute approximate surface area is 131 Å². The summed E-state index contributed by atoms with van der Waals surface area (Å²) < 4.78 is 26.6. The number of carbonyl (C=O) groups is 1. The lowest BCUT2D eigenvalue weighted by Gasteiger charge is -2.33. The predicted molar refractivity (Wildman–Crippen MR) is 81.9 cm³/mol. The Kier molecular flexibility index (Phi) is 5.20. The van der Waals surface area contributed by atoms with Crippen molar-refractivity contribution in [2.75, 3.05) is 13.1 Å². The highest BCUT2D eigenvalue weighted by Crippen LogP contribution is 2.24. The molecule has 1 fully saturated rings. The van der Waals surface area contributed by atoms with Crippen LogP contribution in [0.4, 0.5) is 0 Å². The Morgan fingerprint density at radius 3 is 2.36 bits per heavy atom. The van der Waals surface area contributed by atoms with Crippen molar-refractivity contribution < 1.29 is 13.2 Å². The average molecular weight is 328 g/mol. The lowest BCUT2D eigenvalue weighted by atomic mass is 10.00. The van der Waals surface area contributed by atoms with Gasteiger partial charge < -0.3 is 9.47 Å². The molecule has 0 aromatic carbocycles. The van der Waals surface area contributed by atoms with Crippen LogP contribution in [0.1, 0.15) is 39.5 Å². The van der Waals surface area contributed by atoms with Gasteiger partial charge in [0.05, 0.1) is 5.25 Å². The van der Waals surface area contributed by atoms with Crippen LogP contribution < -0.4 is 0 Å². The largest absolute Gasteiger partial charge is 0.342 e. The lowest BCUT2D eigenvalue weighted by molar-refractivity contribution is -0.136. The Hall–Kier alpha value is -1.44. The number of likely N-dealkylation sites (tertiary alicyclic amines) is 1. The maximum absolute atomic E-state index is 12.6. The van der Waals surface area contributed by atoms with Gasteiger partial charge in [-0.2, -0.15) is 0 Å². The number of piperidine rings is 1. The van der Waals surface area contributed by atoms with Crippen molar-refractivity contribution in [1.82, 2.24) is 19.7 Å². The van der Waals surface area contributed by atoms with Crippen molar-refractivity contribution in [3.8, 4) is 0 Å². The Morgan fingerprint density at radius 2 is 1.91 bits per heavy atom. The number of amides is 1. The minimum atomic E-state index is -3.48. The van der Waals surface area contributed by atoms with E-state index in [2.05, 4.69) is 10.2 Å². The molecule has 1 amide bonds. The van der Waals surface area contributed by atoms with Gasteiger partial charge in [-0.15, -0.1) is 10.2 Å². The first-order valence-electron chi connectivity index (χ1n) is 7.78. The summed E-state index contributed by atoms with van der Waals surface area (Å²) in [6.45, 7) is 5.02.